The summed E-state index contributed by atoms with van der Waals surface area (Å²) in [7, 11) is 0. The van der Waals surface area contributed by atoms with Crippen LogP contribution in [0.4, 0.5) is 0 Å². The molecule has 88 valence electrons. The molecule has 0 aromatic heterocycles. The Balaban J connectivity index is 2.15. The van der Waals surface area contributed by atoms with E-state index in [0.29, 0.717) is 12.5 Å². The molecule has 2 nitrogen and oxygen atoms in total. The van der Waals surface area contributed by atoms with Gasteiger partial charge in [-0.25, -0.2) is 0 Å². The maximum atomic E-state index is 10.0. The van der Waals surface area contributed by atoms with Gasteiger partial charge >= 0.3 is 0 Å². The van der Waals surface area contributed by atoms with Crippen LogP contribution in [0.5, 0.6) is 5.75 Å². The van der Waals surface area contributed by atoms with E-state index in [1.165, 1.54) is 12.0 Å². The molecule has 1 aromatic rings. The Bertz CT molecular complexity index is 335. The van der Waals surface area contributed by atoms with Crippen molar-refractivity contribution in [2.24, 2.45) is 0 Å². The van der Waals surface area contributed by atoms with Gasteiger partial charge in [0.15, 0.2) is 0 Å². The Labute approximate surface area is 97.3 Å². The molecule has 0 amide bonds. The smallest absolute Gasteiger partial charge is 0.119 e. The lowest BCUT2D eigenvalue weighted by Gasteiger charge is -2.28. The van der Waals surface area contributed by atoms with E-state index in [1.54, 1.807) is 0 Å². The second-order valence-corrected chi connectivity index (χ2v) is 4.46. The average Bonchev–Trinajstić information content (AvgIpc) is 2.30. The van der Waals surface area contributed by atoms with E-state index in [0.717, 1.165) is 25.0 Å². The number of aliphatic hydroxyl groups is 1. The van der Waals surface area contributed by atoms with Crippen molar-refractivity contribution in [1.29, 1.82) is 0 Å². The van der Waals surface area contributed by atoms with Crippen molar-refractivity contribution in [3.63, 3.8) is 0 Å². The van der Waals surface area contributed by atoms with Crippen LogP contribution in [0.1, 0.15) is 44.1 Å². The minimum absolute atomic E-state index is 0.175. The van der Waals surface area contributed by atoms with Crippen molar-refractivity contribution in [3.8, 4) is 5.75 Å². The maximum Gasteiger partial charge on any atom is 0.119 e. The highest BCUT2D eigenvalue weighted by Gasteiger charge is 2.24. The van der Waals surface area contributed by atoms with Crippen molar-refractivity contribution >= 4 is 0 Å². The fraction of sp³-hybridized carbons (Fsp3) is 0.571. The summed E-state index contributed by atoms with van der Waals surface area (Å²) in [6.45, 7) is 2.68. The summed E-state index contributed by atoms with van der Waals surface area (Å²) in [4.78, 5) is 0. The van der Waals surface area contributed by atoms with Crippen molar-refractivity contribution in [1.82, 2.24) is 0 Å². The lowest BCUT2D eigenvalue weighted by atomic mass is 9.82. The number of benzene rings is 1. The van der Waals surface area contributed by atoms with Crippen molar-refractivity contribution in [2.45, 2.75) is 44.6 Å². The molecule has 1 aromatic carbocycles. The Morgan fingerprint density at radius 1 is 1.31 bits per heavy atom. The zero-order chi connectivity index (χ0) is 11.4. The molecule has 1 N–H and O–H groups in total. The number of aliphatic hydroxyl groups excluding tert-OH is 1. The van der Waals surface area contributed by atoms with Gasteiger partial charge in [-0.05, 0) is 37.5 Å². The number of ether oxygens (including phenoxy) is 1. The number of hydrogen-bond donors (Lipinski definition) is 1. The summed E-state index contributed by atoms with van der Waals surface area (Å²) in [5.74, 6) is 1.21. The van der Waals surface area contributed by atoms with Crippen LogP contribution in [0.2, 0.25) is 0 Å². The zero-order valence-corrected chi connectivity index (χ0v) is 9.86. The van der Waals surface area contributed by atoms with Crippen LogP contribution >= 0.6 is 0 Å². The average molecular weight is 220 g/mol. The SMILES string of the molecule is CCOc1cccc([C@@H]2CCCC[C@H]2O)c1. The van der Waals surface area contributed by atoms with E-state index < -0.39 is 0 Å². The molecular formula is C14H20O2. The second kappa shape index (κ2) is 5.35. The zero-order valence-electron chi connectivity index (χ0n) is 9.86. The molecule has 0 heterocycles. The summed E-state index contributed by atoms with van der Waals surface area (Å²) >= 11 is 0. The third kappa shape index (κ3) is 2.56. The predicted octanol–water partition coefficient (Wildman–Crippen LogP) is 3.10. The maximum absolute atomic E-state index is 10.0. The van der Waals surface area contributed by atoms with Gasteiger partial charge in [-0.1, -0.05) is 25.0 Å². The first kappa shape index (κ1) is 11.5. The van der Waals surface area contributed by atoms with Crippen LogP contribution < -0.4 is 4.74 Å². The van der Waals surface area contributed by atoms with Gasteiger partial charge in [0.05, 0.1) is 12.7 Å². The number of hydrogen-bond acceptors (Lipinski definition) is 2. The molecule has 1 aliphatic rings. The molecule has 0 bridgehead atoms. The number of rotatable bonds is 3. The molecule has 1 fully saturated rings. The minimum atomic E-state index is -0.175. The second-order valence-electron chi connectivity index (χ2n) is 4.46. The van der Waals surface area contributed by atoms with Crippen LogP contribution in [0, 0.1) is 0 Å². The third-order valence-electron chi connectivity index (χ3n) is 3.33. The Morgan fingerprint density at radius 2 is 2.12 bits per heavy atom. The normalized spacial score (nSPS) is 25.4. The molecule has 0 saturated heterocycles. The van der Waals surface area contributed by atoms with Gasteiger partial charge in [0, 0.05) is 5.92 Å². The topological polar surface area (TPSA) is 29.5 Å². The first-order valence-corrected chi connectivity index (χ1v) is 6.22. The molecule has 0 spiro atoms. The molecule has 2 rings (SSSR count). The highest BCUT2D eigenvalue weighted by Crippen LogP contribution is 2.34. The van der Waals surface area contributed by atoms with Crippen LogP contribution in [-0.2, 0) is 0 Å². The molecule has 0 unspecified atom stereocenters. The first-order chi connectivity index (χ1) is 7.81. The Morgan fingerprint density at radius 3 is 2.88 bits per heavy atom. The van der Waals surface area contributed by atoms with Gasteiger partial charge < -0.3 is 9.84 Å². The lowest BCUT2D eigenvalue weighted by Crippen LogP contribution is -2.22. The summed E-state index contributed by atoms with van der Waals surface area (Å²) < 4.78 is 5.49. The van der Waals surface area contributed by atoms with E-state index >= 15 is 0 Å². The highest BCUT2D eigenvalue weighted by molar-refractivity contribution is 5.31. The van der Waals surface area contributed by atoms with Gasteiger partial charge in [0.25, 0.3) is 0 Å². The van der Waals surface area contributed by atoms with Crippen molar-refractivity contribution in [2.75, 3.05) is 6.61 Å². The summed E-state index contributed by atoms with van der Waals surface area (Å²) in [6, 6.07) is 8.16. The largest absolute Gasteiger partial charge is 0.494 e. The van der Waals surface area contributed by atoms with Gasteiger partial charge in [-0.3, -0.25) is 0 Å². The van der Waals surface area contributed by atoms with Crippen molar-refractivity contribution in [3.05, 3.63) is 29.8 Å². The lowest BCUT2D eigenvalue weighted by molar-refractivity contribution is 0.106. The van der Waals surface area contributed by atoms with Crippen LogP contribution in [0.25, 0.3) is 0 Å². The van der Waals surface area contributed by atoms with E-state index in [2.05, 4.69) is 12.1 Å². The molecule has 0 aliphatic heterocycles. The van der Waals surface area contributed by atoms with Crippen LogP contribution in [-0.4, -0.2) is 17.8 Å². The standard InChI is InChI=1S/C14H20O2/c1-2-16-12-7-5-6-11(10-12)13-8-3-4-9-14(13)15/h5-7,10,13-15H,2-4,8-9H2,1H3/t13-,14+/m0/s1. The monoisotopic (exact) mass is 220 g/mol. The quantitative estimate of drug-likeness (QED) is 0.848. The molecule has 0 radical (unpaired) electrons. The fourth-order valence-electron chi connectivity index (χ4n) is 2.50. The van der Waals surface area contributed by atoms with Crippen molar-refractivity contribution < 1.29 is 9.84 Å². The van der Waals surface area contributed by atoms with Gasteiger partial charge in [-0.2, -0.15) is 0 Å². The summed E-state index contributed by atoms with van der Waals surface area (Å²) in [6.07, 6.45) is 4.23. The molecule has 16 heavy (non-hydrogen) atoms. The molecular weight excluding hydrogens is 200 g/mol. The first-order valence-electron chi connectivity index (χ1n) is 6.22. The van der Waals surface area contributed by atoms with Gasteiger partial charge in [0.2, 0.25) is 0 Å². The fourth-order valence-corrected chi connectivity index (χ4v) is 2.50. The summed E-state index contributed by atoms with van der Waals surface area (Å²) in [5, 5.41) is 10.0. The summed E-state index contributed by atoms with van der Waals surface area (Å²) in [5.41, 5.74) is 1.22. The Hall–Kier alpha value is -1.02. The van der Waals surface area contributed by atoms with E-state index in [1.807, 2.05) is 19.1 Å². The van der Waals surface area contributed by atoms with E-state index in [4.69, 9.17) is 4.74 Å². The predicted molar refractivity (Wildman–Crippen MR) is 64.8 cm³/mol. The third-order valence-corrected chi connectivity index (χ3v) is 3.33. The van der Waals surface area contributed by atoms with E-state index in [-0.39, 0.29) is 6.10 Å². The van der Waals surface area contributed by atoms with Gasteiger partial charge in [0.1, 0.15) is 5.75 Å². The Kier molecular flexibility index (Phi) is 3.83. The van der Waals surface area contributed by atoms with E-state index in [9.17, 15) is 5.11 Å². The van der Waals surface area contributed by atoms with Crippen LogP contribution in [0.15, 0.2) is 24.3 Å². The minimum Gasteiger partial charge on any atom is -0.494 e. The molecule has 1 saturated carbocycles. The molecule has 2 heteroatoms. The highest BCUT2D eigenvalue weighted by atomic mass is 16.5. The van der Waals surface area contributed by atoms with Crippen LogP contribution in [0.3, 0.4) is 0 Å². The molecule has 1 aliphatic carbocycles. The van der Waals surface area contributed by atoms with Gasteiger partial charge in [-0.15, -0.1) is 0 Å². The molecule has 2 atom stereocenters.